The van der Waals surface area contributed by atoms with E-state index in [4.69, 9.17) is 21.9 Å². The van der Waals surface area contributed by atoms with E-state index < -0.39 is 54.3 Å². The van der Waals surface area contributed by atoms with Crippen LogP contribution in [0.25, 0.3) is 22.3 Å². The quantitative estimate of drug-likeness (QED) is 0.0163. The van der Waals surface area contributed by atoms with Crippen LogP contribution in [0.3, 0.4) is 0 Å². The number of hydrogen-bond acceptors (Lipinski definition) is 14. The van der Waals surface area contributed by atoms with Crippen LogP contribution >= 0.6 is 12.2 Å². The van der Waals surface area contributed by atoms with Gasteiger partial charge in [0.25, 0.3) is 17.4 Å². The molecule has 0 saturated heterocycles. The number of Topliss-reactive ketones (excluding diaryl/α,β-unsaturated/α-hetero) is 1. The van der Waals surface area contributed by atoms with Gasteiger partial charge in [-0.3, -0.25) is 48.6 Å². The Kier molecular flexibility index (Phi) is 27.7. The van der Waals surface area contributed by atoms with Crippen LogP contribution in [0, 0.1) is 18.7 Å². The number of ether oxygens (including phenoxy) is 1. The zero-order valence-corrected chi connectivity index (χ0v) is 49.5. The van der Waals surface area contributed by atoms with Crippen LogP contribution in [0.1, 0.15) is 132 Å². The van der Waals surface area contributed by atoms with E-state index in [1.165, 1.54) is 25.1 Å². The SMILES string of the molecule is CC.CC.CCC(C)Cc1c(C(O)C(C)=O)cc2n(c1=O)Cc1c-2nc2cc(F)c(C)c3c2c1CCC3.CNC(=S)COCNC(=O)CNC(=O)C(Cc1ccccc1)NC(=O)CNC(=O)CNC(O)CCCCCN1C(=O)C=CC1=O. The number of hydrogen-bond donors (Lipinski definition) is 8. The first-order chi connectivity index (χ1) is 39.3. The topological polar surface area (TPSA) is 279 Å². The van der Waals surface area contributed by atoms with E-state index in [0.29, 0.717) is 83.8 Å². The predicted octanol–water partition coefficient (Wildman–Crippen LogP) is 4.60. The van der Waals surface area contributed by atoms with E-state index in [0.717, 1.165) is 58.2 Å². The molecule has 20 nitrogen and oxygen atoms in total. The number of imide groups is 1. The number of likely N-dealkylation sites (N-methyl/N-ethyl adjacent to an activating group) is 1. The molecule has 4 atom stereocenters. The van der Waals surface area contributed by atoms with Crippen molar-refractivity contribution in [2.24, 2.45) is 5.92 Å². The Balaban J connectivity index is 0.000000344. The van der Waals surface area contributed by atoms with Crippen molar-refractivity contribution in [1.29, 1.82) is 0 Å². The highest BCUT2D eigenvalue weighted by molar-refractivity contribution is 7.80. The molecule has 7 rings (SSSR count). The Morgan fingerprint density at radius 3 is 2.16 bits per heavy atom. The van der Waals surface area contributed by atoms with Crippen LogP contribution in [0.2, 0.25) is 0 Å². The van der Waals surface area contributed by atoms with E-state index >= 15 is 0 Å². The summed E-state index contributed by atoms with van der Waals surface area (Å²) >= 11 is 4.94. The van der Waals surface area contributed by atoms with Gasteiger partial charge in [-0.2, -0.15) is 0 Å². The first-order valence-corrected chi connectivity index (χ1v) is 28.7. The summed E-state index contributed by atoms with van der Waals surface area (Å²) < 4.78 is 21.6. The monoisotopic (exact) mass is 1160 g/mol. The lowest BCUT2D eigenvalue weighted by atomic mass is 9.85. The van der Waals surface area contributed by atoms with Gasteiger partial charge in [0.05, 0.1) is 49.7 Å². The number of aliphatic hydroxyl groups is 2. The molecule has 1 aliphatic carbocycles. The van der Waals surface area contributed by atoms with Gasteiger partial charge in [0.2, 0.25) is 23.6 Å². The van der Waals surface area contributed by atoms with Gasteiger partial charge in [0.1, 0.15) is 35.9 Å². The molecule has 0 spiro atoms. The third-order valence-electron chi connectivity index (χ3n) is 14.0. The third-order valence-corrected chi connectivity index (χ3v) is 14.4. The van der Waals surface area contributed by atoms with E-state index in [2.05, 4.69) is 45.7 Å². The molecule has 0 radical (unpaired) electrons. The highest BCUT2D eigenvalue weighted by Gasteiger charge is 2.33. The number of pyridine rings is 2. The molecule has 446 valence electrons. The number of carbonyl (C=O) groups excluding carboxylic acids is 7. The standard InChI is InChI=1S/C29H41N7O8S.C27H29FN2O3.2C2H6/c1-30-26(45)18-44-19-34-24(39)16-33-29(43)21(14-20-8-4-2-5-9-20)35-25(40)17-32-23(38)15-31-22(37)10-6-3-7-13-36-27(41)11-12-28(36)42;1-5-13(2)9-19-18(26(32)15(4)31)10-23-25-20(12-30(23)27(19)33)17-8-6-7-16-14(3)21(28)11-22(29-25)24(16)17;2*1-2/h2,4-5,8-9,11-12,21-22,31,37H,3,6-7,10,13-19H2,1H3,(H,30,45)(H,32,38)(H,33,43)(H,34,39)(H,35,40);10-11,13,26,32H,5-9,12H2,1-4H3;2*1-2H3. The Morgan fingerprint density at radius 1 is 0.841 bits per heavy atom. The second-order valence-electron chi connectivity index (χ2n) is 19.7. The third kappa shape index (κ3) is 18.7. The van der Waals surface area contributed by atoms with E-state index in [1.54, 1.807) is 41.9 Å². The number of unbranched alkanes of at least 4 members (excludes halogenated alkanes) is 2. The lowest BCUT2D eigenvalue weighted by molar-refractivity contribution is -0.137. The van der Waals surface area contributed by atoms with Crippen LogP contribution in [-0.4, -0.2) is 130 Å². The lowest BCUT2D eigenvalue weighted by Gasteiger charge is -2.21. The Labute approximate surface area is 484 Å². The minimum Gasteiger partial charge on any atom is -0.381 e. The highest BCUT2D eigenvalue weighted by atomic mass is 32.1. The zero-order chi connectivity index (χ0) is 60.6. The number of aryl methyl sites for hydroxylation is 2. The Morgan fingerprint density at radius 2 is 1.50 bits per heavy atom. The second-order valence-corrected chi connectivity index (χ2v) is 20.2. The van der Waals surface area contributed by atoms with Crippen molar-refractivity contribution in [3.8, 4) is 11.4 Å². The summed E-state index contributed by atoms with van der Waals surface area (Å²) in [5.74, 6) is -3.33. The summed E-state index contributed by atoms with van der Waals surface area (Å²) in [5, 5.41) is 37.2. The fraction of sp³-hybridized carbons (Fsp3) is 0.500. The molecule has 22 heteroatoms. The predicted molar refractivity (Wildman–Crippen MR) is 316 cm³/mol. The average Bonchev–Trinajstić information content (AvgIpc) is 1.92. The number of rotatable bonds is 26. The maximum Gasteiger partial charge on any atom is 0.254 e. The highest BCUT2D eigenvalue weighted by Crippen LogP contribution is 2.42. The Bertz CT molecular complexity index is 2990. The fourth-order valence-electron chi connectivity index (χ4n) is 9.48. The molecule has 2 aromatic carbocycles. The number of carbonyl (C=O) groups is 7. The summed E-state index contributed by atoms with van der Waals surface area (Å²) in [7, 11) is 1.65. The molecule has 4 aromatic rings. The minimum absolute atomic E-state index is 0.102. The Hall–Kier alpha value is -7.11. The maximum atomic E-state index is 14.7. The van der Waals surface area contributed by atoms with Gasteiger partial charge in [0, 0.05) is 54.7 Å². The number of ketones is 1. The molecule has 0 bridgehead atoms. The molecule has 2 aromatic heterocycles. The van der Waals surface area contributed by atoms with Gasteiger partial charge in [-0.25, -0.2) is 9.37 Å². The summed E-state index contributed by atoms with van der Waals surface area (Å²) in [5.41, 5.74) is 7.22. The van der Waals surface area contributed by atoms with Crippen molar-refractivity contribution in [2.45, 2.75) is 145 Å². The number of benzene rings is 2. The van der Waals surface area contributed by atoms with Crippen molar-refractivity contribution in [3.63, 3.8) is 0 Å². The number of aliphatic hydroxyl groups excluding tert-OH is 2. The number of thiocarbonyl (C=S) groups is 1. The van der Waals surface area contributed by atoms with Crippen molar-refractivity contribution >= 4 is 69.3 Å². The molecule has 4 heterocycles. The molecule has 0 fully saturated rings. The number of nitrogens with one attached hydrogen (secondary N) is 6. The van der Waals surface area contributed by atoms with Crippen LogP contribution in [0.5, 0.6) is 0 Å². The van der Waals surface area contributed by atoms with E-state index in [9.17, 15) is 53.0 Å². The molecular weight excluding hydrogens is 1070 g/mol. The maximum absolute atomic E-state index is 14.7. The van der Waals surface area contributed by atoms with Crippen LogP contribution < -0.4 is 37.5 Å². The molecule has 3 aliphatic rings. The fourth-order valence-corrected chi connectivity index (χ4v) is 9.56. The zero-order valence-electron chi connectivity index (χ0n) is 48.7. The summed E-state index contributed by atoms with van der Waals surface area (Å²) in [6.45, 7) is 15.0. The normalized spacial score (nSPS) is 14.0. The van der Waals surface area contributed by atoms with Gasteiger partial charge < -0.3 is 46.1 Å². The van der Waals surface area contributed by atoms with Crippen molar-refractivity contribution < 1.29 is 52.9 Å². The molecule has 4 unspecified atom stereocenters. The first kappa shape index (κ1) is 67.4. The van der Waals surface area contributed by atoms with Gasteiger partial charge in [-0.15, -0.1) is 0 Å². The first-order valence-electron chi connectivity index (χ1n) is 28.3. The molecular formula is C60H82FN9O11S. The van der Waals surface area contributed by atoms with E-state index in [-0.39, 0.29) is 62.0 Å². The van der Waals surface area contributed by atoms with Gasteiger partial charge >= 0.3 is 0 Å². The number of fused-ring (bicyclic) bond motifs is 4. The van der Waals surface area contributed by atoms with Crippen LogP contribution in [0.15, 0.2) is 59.4 Å². The average molecular weight is 1160 g/mol. The number of halogens is 1. The molecule has 8 N–H and O–H groups in total. The molecule has 6 amide bonds. The smallest absolute Gasteiger partial charge is 0.254 e. The van der Waals surface area contributed by atoms with Gasteiger partial charge in [-0.1, -0.05) is 96.9 Å². The summed E-state index contributed by atoms with van der Waals surface area (Å²) in [4.78, 5) is 105. The van der Waals surface area contributed by atoms with Crippen LogP contribution in [-0.2, 0) is 70.5 Å². The summed E-state index contributed by atoms with van der Waals surface area (Å²) in [6.07, 6.45) is 6.54. The second kappa shape index (κ2) is 33.7. The van der Waals surface area contributed by atoms with Gasteiger partial charge in [0.15, 0.2) is 5.78 Å². The molecule has 82 heavy (non-hydrogen) atoms. The van der Waals surface area contributed by atoms with E-state index in [1.807, 2.05) is 40.7 Å². The largest absolute Gasteiger partial charge is 0.381 e. The van der Waals surface area contributed by atoms with Crippen molar-refractivity contribution in [2.75, 3.05) is 46.6 Å². The van der Waals surface area contributed by atoms with Crippen LogP contribution in [0.4, 0.5) is 4.39 Å². The van der Waals surface area contributed by atoms with Crippen molar-refractivity contribution in [3.05, 3.63) is 110 Å². The van der Waals surface area contributed by atoms with Gasteiger partial charge in [-0.05, 0) is 98.6 Å². The molecule has 2 aliphatic heterocycles. The number of nitrogens with zero attached hydrogens (tertiary/aromatic N) is 3. The number of aromatic nitrogens is 2. The van der Waals surface area contributed by atoms with Crippen molar-refractivity contribution in [1.82, 2.24) is 46.4 Å². The number of amides is 6. The summed E-state index contributed by atoms with van der Waals surface area (Å²) in [6, 6.07) is 11.2. The lowest BCUT2D eigenvalue weighted by Crippen LogP contribution is -2.52. The molecule has 0 saturated carbocycles. The minimum atomic E-state index is -1.35.